The van der Waals surface area contributed by atoms with Crippen LogP contribution < -0.4 is 0 Å². The van der Waals surface area contributed by atoms with Crippen LogP contribution in [0.25, 0.3) is 0 Å². The summed E-state index contributed by atoms with van der Waals surface area (Å²) in [7, 11) is 0. The van der Waals surface area contributed by atoms with Crippen molar-refractivity contribution in [3.63, 3.8) is 0 Å². The van der Waals surface area contributed by atoms with Crippen LogP contribution in [0, 0.1) is 0 Å². The minimum Gasteiger partial charge on any atom is -0.428 e. The molecular formula is C6H10F2O3. The van der Waals surface area contributed by atoms with Gasteiger partial charge in [-0.1, -0.05) is 0 Å². The molecule has 0 rings (SSSR count). The summed E-state index contributed by atoms with van der Waals surface area (Å²) in [6.07, 6.45) is -1.35. The molecule has 0 aliphatic heterocycles. The van der Waals surface area contributed by atoms with E-state index in [0.717, 1.165) is 0 Å². The van der Waals surface area contributed by atoms with Crippen LogP contribution in [0.2, 0.25) is 0 Å². The highest BCUT2D eigenvalue weighted by molar-refractivity contribution is 5.60. The Labute approximate surface area is 63.3 Å². The minimum absolute atomic E-state index is 0.800. The second-order valence-electron chi connectivity index (χ2n) is 2.84. The van der Waals surface area contributed by atoms with Gasteiger partial charge in [-0.2, -0.15) is 8.78 Å². The van der Waals surface area contributed by atoms with E-state index in [1.54, 1.807) is 20.8 Å². The molecule has 0 saturated heterocycles. The number of alkyl halides is 2. The maximum atomic E-state index is 11.3. The number of carbonyl (C=O) groups is 1. The summed E-state index contributed by atoms with van der Waals surface area (Å²) in [6.45, 7) is 1.55. The van der Waals surface area contributed by atoms with Crippen LogP contribution in [-0.2, 0) is 9.47 Å². The van der Waals surface area contributed by atoms with Crippen molar-refractivity contribution in [1.29, 1.82) is 0 Å². The third-order valence-electron chi connectivity index (χ3n) is 0.575. The second-order valence-corrected chi connectivity index (χ2v) is 2.84. The van der Waals surface area contributed by atoms with Gasteiger partial charge in [0.2, 0.25) is 0 Å². The quantitative estimate of drug-likeness (QED) is 0.563. The average Bonchev–Trinajstić information content (AvgIpc) is 1.53. The Balaban J connectivity index is 3.71. The fourth-order valence-electron chi connectivity index (χ4n) is 0.347. The van der Waals surface area contributed by atoms with Gasteiger partial charge in [-0.05, 0) is 20.8 Å². The zero-order chi connectivity index (χ0) is 9.07. The molecule has 0 fully saturated rings. The van der Waals surface area contributed by atoms with Gasteiger partial charge in [0.05, 0.1) is 0 Å². The molecule has 0 spiro atoms. The molecule has 0 bridgehead atoms. The fraction of sp³-hybridized carbons (Fsp3) is 0.833. The largest absolute Gasteiger partial charge is 0.513 e. The first-order chi connectivity index (χ1) is 4.81. The van der Waals surface area contributed by atoms with E-state index < -0.39 is 18.4 Å². The standard InChI is InChI=1S/C6H10F2O3/c1-6(2,3)11-5(9)10-4(7)8/h4H,1-3H3. The van der Waals surface area contributed by atoms with Crippen molar-refractivity contribution in [1.82, 2.24) is 0 Å². The number of rotatable bonds is 1. The third kappa shape index (κ3) is 7.02. The fourth-order valence-corrected chi connectivity index (χ4v) is 0.347. The molecule has 11 heavy (non-hydrogen) atoms. The summed E-state index contributed by atoms with van der Waals surface area (Å²) in [5.74, 6) is 0. The summed E-state index contributed by atoms with van der Waals surface area (Å²) in [6, 6.07) is 0. The molecule has 0 aliphatic carbocycles. The van der Waals surface area contributed by atoms with Gasteiger partial charge in [-0.25, -0.2) is 4.79 Å². The van der Waals surface area contributed by atoms with Crippen molar-refractivity contribution >= 4 is 6.16 Å². The smallest absolute Gasteiger partial charge is 0.428 e. The lowest BCUT2D eigenvalue weighted by molar-refractivity contribution is -0.120. The molecule has 0 radical (unpaired) electrons. The normalized spacial score (nSPS) is 11.5. The van der Waals surface area contributed by atoms with Crippen molar-refractivity contribution in [2.75, 3.05) is 0 Å². The van der Waals surface area contributed by atoms with Crippen LogP contribution in [0.1, 0.15) is 20.8 Å². The van der Waals surface area contributed by atoms with Gasteiger partial charge in [0.15, 0.2) is 0 Å². The maximum Gasteiger partial charge on any atom is 0.513 e. The van der Waals surface area contributed by atoms with Gasteiger partial charge < -0.3 is 9.47 Å². The Bertz CT molecular complexity index is 139. The Morgan fingerprint density at radius 2 is 1.82 bits per heavy atom. The third-order valence-corrected chi connectivity index (χ3v) is 0.575. The Hall–Kier alpha value is -0.870. The van der Waals surface area contributed by atoms with E-state index in [-0.39, 0.29) is 0 Å². The average molecular weight is 168 g/mol. The van der Waals surface area contributed by atoms with Crippen LogP contribution in [0.5, 0.6) is 0 Å². The molecule has 5 heteroatoms. The molecule has 0 N–H and O–H groups in total. The highest BCUT2D eigenvalue weighted by Gasteiger charge is 2.20. The lowest BCUT2D eigenvalue weighted by Gasteiger charge is -2.18. The first kappa shape index (κ1) is 10.1. The van der Waals surface area contributed by atoms with Crippen LogP contribution >= 0.6 is 0 Å². The molecular weight excluding hydrogens is 158 g/mol. The first-order valence-electron chi connectivity index (χ1n) is 2.99. The van der Waals surface area contributed by atoms with E-state index in [1.165, 1.54) is 0 Å². The number of halogens is 2. The number of hydrogen-bond donors (Lipinski definition) is 0. The molecule has 0 aromatic carbocycles. The maximum absolute atomic E-state index is 11.3. The van der Waals surface area contributed by atoms with E-state index in [2.05, 4.69) is 9.47 Å². The van der Waals surface area contributed by atoms with Crippen molar-refractivity contribution < 1.29 is 23.0 Å². The molecule has 0 aliphatic rings. The summed E-state index contributed by atoms with van der Waals surface area (Å²) >= 11 is 0. The summed E-state index contributed by atoms with van der Waals surface area (Å²) < 4.78 is 30.5. The molecule has 66 valence electrons. The van der Waals surface area contributed by atoms with Crippen molar-refractivity contribution in [2.24, 2.45) is 0 Å². The molecule has 0 heterocycles. The molecule has 0 atom stereocenters. The zero-order valence-corrected chi connectivity index (χ0v) is 6.56. The van der Waals surface area contributed by atoms with Gasteiger partial charge in [0, 0.05) is 0 Å². The summed E-state index contributed by atoms with van der Waals surface area (Å²) in [5.41, 5.74) is -0.800. The summed E-state index contributed by atoms with van der Waals surface area (Å²) in [4.78, 5) is 10.3. The lowest BCUT2D eigenvalue weighted by Crippen LogP contribution is -2.25. The van der Waals surface area contributed by atoms with Gasteiger partial charge in [-0.3, -0.25) is 0 Å². The van der Waals surface area contributed by atoms with E-state index in [4.69, 9.17) is 0 Å². The Morgan fingerprint density at radius 3 is 2.09 bits per heavy atom. The van der Waals surface area contributed by atoms with Gasteiger partial charge >= 0.3 is 12.8 Å². The Morgan fingerprint density at radius 1 is 1.36 bits per heavy atom. The molecule has 0 aromatic rings. The van der Waals surface area contributed by atoms with Gasteiger partial charge in [0.25, 0.3) is 0 Å². The lowest BCUT2D eigenvalue weighted by atomic mass is 10.2. The van der Waals surface area contributed by atoms with Crippen molar-refractivity contribution in [3.8, 4) is 0 Å². The van der Waals surface area contributed by atoms with Crippen LogP contribution in [0.4, 0.5) is 13.6 Å². The van der Waals surface area contributed by atoms with Crippen LogP contribution in [0.15, 0.2) is 0 Å². The first-order valence-corrected chi connectivity index (χ1v) is 2.99. The molecule has 3 nitrogen and oxygen atoms in total. The zero-order valence-electron chi connectivity index (χ0n) is 6.56. The SMILES string of the molecule is CC(C)(C)OC(=O)OC(F)F. The second kappa shape index (κ2) is 3.50. The number of carbonyl (C=O) groups excluding carboxylic acids is 1. The highest BCUT2D eigenvalue weighted by Crippen LogP contribution is 2.09. The van der Waals surface area contributed by atoms with E-state index in [1.807, 2.05) is 0 Å². The molecule has 0 amide bonds. The van der Waals surface area contributed by atoms with E-state index in [9.17, 15) is 13.6 Å². The monoisotopic (exact) mass is 168 g/mol. The molecule has 0 saturated carbocycles. The van der Waals surface area contributed by atoms with E-state index in [0.29, 0.717) is 0 Å². The van der Waals surface area contributed by atoms with Crippen LogP contribution in [-0.4, -0.2) is 18.4 Å². The van der Waals surface area contributed by atoms with E-state index >= 15 is 0 Å². The van der Waals surface area contributed by atoms with Gasteiger partial charge in [0.1, 0.15) is 5.60 Å². The predicted octanol–water partition coefficient (Wildman–Crippen LogP) is 2.16. The van der Waals surface area contributed by atoms with Crippen molar-refractivity contribution in [2.45, 2.75) is 33.0 Å². The molecule has 0 unspecified atom stereocenters. The molecule has 0 aromatic heterocycles. The highest BCUT2D eigenvalue weighted by atomic mass is 19.3. The number of hydrogen-bond acceptors (Lipinski definition) is 3. The number of ether oxygens (including phenoxy) is 2. The predicted molar refractivity (Wildman–Crippen MR) is 33.3 cm³/mol. The topological polar surface area (TPSA) is 35.5 Å². The van der Waals surface area contributed by atoms with Crippen molar-refractivity contribution in [3.05, 3.63) is 0 Å². The Kier molecular flexibility index (Phi) is 3.22. The minimum atomic E-state index is -3.12. The van der Waals surface area contributed by atoms with Gasteiger partial charge in [-0.15, -0.1) is 0 Å². The van der Waals surface area contributed by atoms with Crippen LogP contribution in [0.3, 0.4) is 0 Å². The summed E-state index contributed by atoms with van der Waals surface area (Å²) in [5, 5.41) is 0.